The Morgan fingerprint density at radius 2 is 0.603 bits per heavy atom. The molecule has 0 aliphatic carbocycles. The van der Waals surface area contributed by atoms with Crippen molar-refractivity contribution in [1.29, 1.82) is 0 Å². The van der Waals surface area contributed by atoms with Gasteiger partial charge in [0.2, 0.25) is 0 Å². The van der Waals surface area contributed by atoms with Crippen molar-refractivity contribution in [2.45, 2.75) is 264 Å². The highest BCUT2D eigenvalue weighted by Crippen LogP contribution is 2.15. The maximum atomic E-state index is 12.8. The van der Waals surface area contributed by atoms with Crippen LogP contribution >= 0.6 is 0 Å². The molecule has 0 radical (unpaired) electrons. The second kappa shape index (κ2) is 55.9. The van der Waals surface area contributed by atoms with Crippen molar-refractivity contribution in [2.75, 3.05) is 13.2 Å². The SMILES string of the molecule is CC/C=C\C/C=C\C/C=C\C/C=C\C/C=C\C/C=C\CCC(=O)OC[C@@H](COC(=O)CCCCCCC/C=C\C/C=C\CCCCC)OC(=O)CCCCCCCCCCCCCCCCCC. The van der Waals surface area contributed by atoms with Crippen LogP contribution in [0.25, 0.3) is 0 Å². The molecule has 388 valence electrons. The van der Waals surface area contributed by atoms with Crippen LogP contribution in [-0.2, 0) is 28.6 Å². The molecular weight excluding hydrogens is 841 g/mol. The topological polar surface area (TPSA) is 78.9 Å². The van der Waals surface area contributed by atoms with Crippen LogP contribution in [0.4, 0.5) is 0 Å². The highest BCUT2D eigenvalue weighted by atomic mass is 16.6. The van der Waals surface area contributed by atoms with Gasteiger partial charge in [-0.15, -0.1) is 0 Å². The third-order valence-corrected chi connectivity index (χ3v) is 11.8. The maximum Gasteiger partial charge on any atom is 0.306 e. The van der Waals surface area contributed by atoms with Crippen LogP contribution in [0.3, 0.4) is 0 Å². The molecule has 0 aromatic heterocycles. The first kappa shape index (κ1) is 64.3. The molecule has 6 nitrogen and oxygen atoms in total. The van der Waals surface area contributed by atoms with Gasteiger partial charge in [0.1, 0.15) is 13.2 Å². The molecule has 0 heterocycles. The summed E-state index contributed by atoms with van der Waals surface area (Å²) < 4.78 is 16.8. The van der Waals surface area contributed by atoms with Gasteiger partial charge in [0.05, 0.1) is 0 Å². The minimum atomic E-state index is -0.813. The summed E-state index contributed by atoms with van der Waals surface area (Å²) in [6.45, 7) is 6.43. The number of unbranched alkanes of at least 4 members (excludes halogenated alkanes) is 23. The summed E-state index contributed by atoms with van der Waals surface area (Å²) in [6, 6.07) is 0. The number of carbonyl (C=O) groups is 3. The van der Waals surface area contributed by atoms with E-state index in [0.717, 1.165) is 103 Å². The monoisotopic (exact) mass is 945 g/mol. The zero-order chi connectivity index (χ0) is 49.3. The molecule has 0 aromatic carbocycles. The molecule has 0 aliphatic rings. The van der Waals surface area contributed by atoms with E-state index in [4.69, 9.17) is 14.2 Å². The average molecular weight is 946 g/mol. The molecule has 0 aromatic rings. The molecule has 1 atom stereocenters. The van der Waals surface area contributed by atoms with Crippen LogP contribution in [0.2, 0.25) is 0 Å². The van der Waals surface area contributed by atoms with Crippen LogP contribution in [-0.4, -0.2) is 37.2 Å². The van der Waals surface area contributed by atoms with E-state index in [1.165, 1.54) is 109 Å². The van der Waals surface area contributed by atoms with Crippen molar-refractivity contribution in [1.82, 2.24) is 0 Å². The normalized spacial score (nSPS) is 12.8. The number of ether oxygens (including phenoxy) is 3. The van der Waals surface area contributed by atoms with Crippen LogP contribution in [0, 0.1) is 0 Å². The maximum absolute atomic E-state index is 12.8. The van der Waals surface area contributed by atoms with Gasteiger partial charge in [0.15, 0.2) is 6.10 Å². The molecule has 0 amide bonds. The van der Waals surface area contributed by atoms with Crippen LogP contribution in [0.5, 0.6) is 0 Å². The lowest BCUT2D eigenvalue weighted by Gasteiger charge is -2.18. The van der Waals surface area contributed by atoms with E-state index < -0.39 is 6.10 Å². The highest BCUT2D eigenvalue weighted by Gasteiger charge is 2.19. The van der Waals surface area contributed by atoms with E-state index in [-0.39, 0.29) is 37.5 Å². The van der Waals surface area contributed by atoms with Crippen molar-refractivity contribution < 1.29 is 28.6 Å². The molecular formula is C62H104O6. The zero-order valence-corrected chi connectivity index (χ0v) is 44.3. The third-order valence-electron chi connectivity index (χ3n) is 11.8. The minimum absolute atomic E-state index is 0.107. The Labute approximate surface area is 419 Å². The number of allylic oxidation sites excluding steroid dienone is 16. The molecule has 0 unspecified atom stereocenters. The van der Waals surface area contributed by atoms with Gasteiger partial charge in [-0.2, -0.15) is 0 Å². The molecule has 0 bridgehead atoms. The van der Waals surface area contributed by atoms with E-state index >= 15 is 0 Å². The summed E-state index contributed by atoms with van der Waals surface area (Å²) in [5.74, 6) is -1.00. The van der Waals surface area contributed by atoms with Gasteiger partial charge in [-0.05, 0) is 89.9 Å². The van der Waals surface area contributed by atoms with Crippen molar-refractivity contribution in [3.05, 3.63) is 97.2 Å². The quantitative estimate of drug-likeness (QED) is 0.0262. The smallest absolute Gasteiger partial charge is 0.306 e. The molecule has 0 N–H and O–H groups in total. The lowest BCUT2D eigenvalue weighted by molar-refractivity contribution is -0.166. The predicted octanol–water partition coefficient (Wildman–Crippen LogP) is 18.9. The number of rotatable bonds is 50. The molecule has 0 saturated heterocycles. The summed E-state index contributed by atoms with van der Waals surface area (Å²) >= 11 is 0. The van der Waals surface area contributed by atoms with Crippen molar-refractivity contribution in [2.24, 2.45) is 0 Å². The van der Waals surface area contributed by atoms with Crippen molar-refractivity contribution in [3.63, 3.8) is 0 Å². The average Bonchev–Trinajstić information content (AvgIpc) is 3.34. The second-order valence-corrected chi connectivity index (χ2v) is 18.5. The minimum Gasteiger partial charge on any atom is -0.462 e. The van der Waals surface area contributed by atoms with Crippen LogP contribution in [0.15, 0.2) is 97.2 Å². The molecule has 0 spiro atoms. The van der Waals surface area contributed by atoms with E-state index in [2.05, 4.69) is 112 Å². The van der Waals surface area contributed by atoms with Crippen LogP contribution < -0.4 is 0 Å². The Hall–Kier alpha value is -3.67. The number of carbonyl (C=O) groups excluding carboxylic acids is 3. The van der Waals surface area contributed by atoms with Gasteiger partial charge < -0.3 is 14.2 Å². The fourth-order valence-corrected chi connectivity index (χ4v) is 7.62. The lowest BCUT2D eigenvalue weighted by Crippen LogP contribution is -2.30. The fraction of sp³-hybridized carbons (Fsp3) is 0.694. The van der Waals surface area contributed by atoms with Gasteiger partial charge in [-0.1, -0.05) is 246 Å². The first-order valence-electron chi connectivity index (χ1n) is 28.2. The Bertz CT molecular complexity index is 1360. The molecule has 0 rings (SSSR count). The first-order chi connectivity index (χ1) is 33.5. The molecule has 6 heteroatoms. The molecule has 0 fully saturated rings. The Kier molecular flexibility index (Phi) is 52.9. The number of esters is 3. The summed E-state index contributed by atoms with van der Waals surface area (Å²) in [4.78, 5) is 38.1. The summed E-state index contributed by atoms with van der Waals surface area (Å²) in [7, 11) is 0. The molecule has 0 saturated carbocycles. The van der Waals surface area contributed by atoms with Gasteiger partial charge in [0, 0.05) is 19.3 Å². The Morgan fingerprint density at radius 1 is 0.309 bits per heavy atom. The summed E-state index contributed by atoms with van der Waals surface area (Å²) in [5, 5.41) is 0. The first-order valence-corrected chi connectivity index (χ1v) is 28.2. The number of hydrogen-bond acceptors (Lipinski definition) is 6. The second-order valence-electron chi connectivity index (χ2n) is 18.5. The summed E-state index contributed by atoms with van der Waals surface area (Å²) in [6.07, 6.45) is 74.0. The highest BCUT2D eigenvalue weighted by molar-refractivity contribution is 5.71. The molecule has 68 heavy (non-hydrogen) atoms. The van der Waals surface area contributed by atoms with Gasteiger partial charge in [0.25, 0.3) is 0 Å². The Balaban J connectivity index is 4.51. The fourth-order valence-electron chi connectivity index (χ4n) is 7.62. The lowest BCUT2D eigenvalue weighted by atomic mass is 10.0. The standard InChI is InChI=1S/C62H104O6/c1-4-7-10-13-16-19-22-25-28-30-31-32-35-37-40-43-46-49-52-55-61(64)67-58-59(57-66-60(63)54-51-48-45-42-39-36-33-27-24-21-18-15-12-9-6-3)68-62(65)56-53-50-47-44-41-38-34-29-26-23-20-17-14-11-8-5-2/h7,10,16,18-19,21,25,27-28,31-33,37,40,46,49,59H,4-6,8-9,11-15,17,20,22-24,26,29-30,34-36,38-39,41-45,47-48,50-58H2,1-3H3/b10-7-,19-16-,21-18-,28-25-,32-31-,33-27-,40-37-,49-46-/t59-/m1/s1. The third kappa shape index (κ3) is 53.3. The Morgan fingerprint density at radius 3 is 1.01 bits per heavy atom. The number of hydrogen-bond donors (Lipinski definition) is 0. The predicted molar refractivity (Wildman–Crippen MR) is 293 cm³/mol. The zero-order valence-electron chi connectivity index (χ0n) is 44.3. The van der Waals surface area contributed by atoms with Gasteiger partial charge >= 0.3 is 17.9 Å². The van der Waals surface area contributed by atoms with E-state index in [0.29, 0.717) is 19.3 Å². The van der Waals surface area contributed by atoms with E-state index in [9.17, 15) is 14.4 Å². The summed E-state index contributed by atoms with van der Waals surface area (Å²) in [5.41, 5.74) is 0. The van der Waals surface area contributed by atoms with Gasteiger partial charge in [-0.25, -0.2) is 0 Å². The van der Waals surface area contributed by atoms with Crippen LogP contribution in [0.1, 0.15) is 258 Å². The van der Waals surface area contributed by atoms with Gasteiger partial charge in [-0.3, -0.25) is 14.4 Å². The van der Waals surface area contributed by atoms with E-state index in [1.807, 2.05) is 6.08 Å². The largest absolute Gasteiger partial charge is 0.462 e. The van der Waals surface area contributed by atoms with E-state index in [1.54, 1.807) is 0 Å². The molecule has 0 aliphatic heterocycles. The van der Waals surface area contributed by atoms with Crippen molar-refractivity contribution >= 4 is 17.9 Å². The van der Waals surface area contributed by atoms with Crippen molar-refractivity contribution in [3.8, 4) is 0 Å².